The second kappa shape index (κ2) is 7.09. The molecule has 114 valence electrons. The Kier molecular flexibility index (Phi) is 5.44. The molecular weight excluding hydrogens is 254 g/mol. The summed E-state index contributed by atoms with van der Waals surface area (Å²) < 4.78 is 0. The number of hydrogen-bond acceptors (Lipinski definition) is 2. The van der Waals surface area contributed by atoms with Crippen molar-refractivity contribution in [2.45, 2.75) is 58.3 Å². The van der Waals surface area contributed by atoms with E-state index in [4.69, 9.17) is 5.11 Å². The Morgan fingerprint density at radius 3 is 2.55 bits per heavy atom. The number of aliphatic carboxylic acids is 1. The van der Waals surface area contributed by atoms with Crippen LogP contribution in [0.25, 0.3) is 0 Å². The Morgan fingerprint density at radius 2 is 1.85 bits per heavy atom. The van der Waals surface area contributed by atoms with Gasteiger partial charge in [-0.2, -0.15) is 0 Å². The van der Waals surface area contributed by atoms with Gasteiger partial charge in [0.1, 0.15) is 0 Å². The minimum absolute atomic E-state index is 0.145. The molecule has 0 aromatic rings. The Morgan fingerprint density at radius 1 is 1.15 bits per heavy atom. The molecule has 2 rings (SSSR count). The van der Waals surface area contributed by atoms with E-state index in [1.165, 1.54) is 32.1 Å². The lowest BCUT2D eigenvalue weighted by Gasteiger charge is -2.38. The summed E-state index contributed by atoms with van der Waals surface area (Å²) in [6.07, 6.45) is 9.12. The number of hydrogen-bond donors (Lipinski definition) is 2. The molecule has 2 fully saturated rings. The van der Waals surface area contributed by atoms with Gasteiger partial charge in [0.25, 0.3) is 0 Å². The van der Waals surface area contributed by atoms with Gasteiger partial charge >= 0.3 is 5.97 Å². The molecular formula is C16H27NO3. The first-order chi connectivity index (χ1) is 9.58. The lowest BCUT2D eigenvalue weighted by Crippen LogP contribution is -2.38. The number of carboxylic acid groups (broad SMARTS) is 1. The third kappa shape index (κ3) is 3.97. The molecule has 4 atom stereocenters. The second-order valence-electron chi connectivity index (χ2n) is 6.63. The Labute approximate surface area is 121 Å². The zero-order chi connectivity index (χ0) is 14.5. The Hall–Kier alpha value is -1.06. The van der Waals surface area contributed by atoms with Gasteiger partial charge in [-0.1, -0.05) is 32.6 Å². The van der Waals surface area contributed by atoms with Crippen LogP contribution in [0.1, 0.15) is 58.3 Å². The number of carbonyl (C=O) groups excluding carboxylic acids is 1. The van der Waals surface area contributed by atoms with Crippen molar-refractivity contribution in [3.05, 3.63) is 0 Å². The van der Waals surface area contributed by atoms with E-state index in [-0.39, 0.29) is 17.7 Å². The van der Waals surface area contributed by atoms with Gasteiger partial charge in [0.05, 0.1) is 5.92 Å². The van der Waals surface area contributed by atoms with E-state index in [2.05, 4.69) is 5.32 Å². The van der Waals surface area contributed by atoms with Gasteiger partial charge in [-0.25, -0.2) is 0 Å². The Balaban J connectivity index is 1.71. The minimum Gasteiger partial charge on any atom is -0.481 e. The molecule has 0 spiro atoms. The fraction of sp³-hybridized carbons (Fsp3) is 0.875. The molecule has 4 heteroatoms. The van der Waals surface area contributed by atoms with Crippen LogP contribution in [0, 0.1) is 23.7 Å². The van der Waals surface area contributed by atoms with Crippen molar-refractivity contribution in [1.29, 1.82) is 0 Å². The summed E-state index contributed by atoms with van der Waals surface area (Å²) >= 11 is 0. The first kappa shape index (κ1) is 15.3. The molecule has 0 heterocycles. The lowest BCUT2D eigenvalue weighted by atomic mass is 9.67. The van der Waals surface area contributed by atoms with E-state index < -0.39 is 5.97 Å². The monoisotopic (exact) mass is 281 g/mol. The number of carboxylic acids is 1. The Bertz CT molecular complexity index is 356. The predicted molar refractivity (Wildman–Crippen MR) is 77.2 cm³/mol. The van der Waals surface area contributed by atoms with Crippen LogP contribution in [0.15, 0.2) is 0 Å². The lowest BCUT2D eigenvalue weighted by molar-refractivity contribution is -0.141. The fourth-order valence-corrected chi connectivity index (χ4v) is 3.79. The van der Waals surface area contributed by atoms with Crippen molar-refractivity contribution in [3.8, 4) is 0 Å². The molecule has 0 aromatic heterocycles. The number of nitrogens with one attached hydrogen (secondary N) is 1. The molecule has 0 bridgehead atoms. The molecule has 0 aliphatic heterocycles. The molecule has 1 amide bonds. The predicted octanol–water partition coefficient (Wildman–Crippen LogP) is 2.82. The summed E-state index contributed by atoms with van der Waals surface area (Å²) in [5.41, 5.74) is 0. The van der Waals surface area contributed by atoms with Gasteiger partial charge in [-0.3, -0.25) is 9.59 Å². The highest BCUT2D eigenvalue weighted by molar-refractivity contribution is 5.78. The molecule has 4 unspecified atom stereocenters. The normalized spacial score (nSPS) is 31.1. The maximum Gasteiger partial charge on any atom is 0.306 e. The van der Waals surface area contributed by atoms with Gasteiger partial charge in [0, 0.05) is 12.5 Å². The average molecular weight is 281 g/mol. The van der Waals surface area contributed by atoms with Crippen molar-refractivity contribution < 1.29 is 14.7 Å². The average Bonchev–Trinajstić information content (AvgIpc) is 2.46. The first-order valence-electron chi connectivity index (χ1n) is 8.08. The van der Waals surface area contributed by atoms with E-state index in [1.54, 1.807) is 6.92 Å². The van der Waals surface area contributed by atoms with Gasteiger partial charge < -0.3 is 10.4 Å². The fourth-order valence-electron chi connectivity index (χ4n) is 3.79. The van der Waals surface area contributed by atoms with Crippen LogP contribution in [0.5, 0.6) is 0 Å². The molecule has 4 nitrogen and oxygen atoms in total. The van der Waals surface area contributed by atoms with Gasteiger partial charge in [0.15, 0.2) is 0 Å². The van der Waals surface area contributed by atoms with Crippen LogP contribution < -0.4 is 5.32 Å². The van der Waals surface area contributed by atoms with Crippen molar-refractivity contribution in [3.63, 3.8) is 0 Å². The number of rotatable bonds is 5. The molecule has 2 aliphatic rings. The van der Waals surface area contributed by atoms with E-state index in [0.717, 1.165) is 24.7 Å². The van der Waals surface area contributed by atoms with Crippen LogP contribution in [0.4, 0.5) is 0 Å². The topological polar surface area (TPSA) is 66.4 Å². The van der Waals surface area contributed by atoms with Crippen molar-refractivity contribution in [2.24, 2.45) is 23.7 Å². The molecule has 2 N–H and O–H groups in total. The highest BCUT2D eigenvalue weighted by Crippen LogP contribution is 2.42. The second-order valence-corrected chi connectivity index (χ2v) is 6.63. The first-order valence-corrected chi connectivity index (χ1v) is 8.08. The number of carbonyl (C=O) groups is 2. The highest BCUT2D eigenvalue weighted by atomic mass is 16.4. The van der Waals surface area contributed by atoms with E-state index in [9.17, 15) is 9.59 Å². The third-order valence-corrected chi connectivity index (χ3v) is 5.21. The van der Waals surface area contributed by atoms with E-state index >= 15 is 0 Å². The van der Waals surface area contributed by atoms with Crippen molar-refractivity contribution >= 4 is 11.9 Å². The number of fused-ring (bicyclic) bond motifs is 1. The van der Waals surface area contributed by atoms with Crippen LogP contribution >= 0.6 is 0 Å². The summed E-state index contributed by atoms with van der Waals surface area (Å²) in [4.78, 5) is 22.9. The molecule has 20 heavy (non-hydrogen) atoms. The smallest absolute Gasteiger partial charge is 0.306 e. The van der Waals surface area contributed by atoms with E-state index in [1.807, 2.05) is 0 Å². The summed E-state index contributed by atoms with van der Waals surface area (Å²) in [6.45, 7) is 2.17. The summed E-state index contributed by atoms with van der Waals surface area (Å²) in [5.74, 6) is 0.749. The van der Waals surface area contributed by atoms with Gasteiger partial charge in [-0.15, -0.1) is 0 Å². The summed E-state index contributed by atoms with van der Waals surface area (Å²) in [6, 6.07) is 0. The quantitative estimate of drug-likeness (QED) is 0.814. The van der Waals surface area contributed by atoms with Crippen LogP contribution in [-0.2, 0) is 9.59 Å². The van der Waals surface area contributed by atoms with Gasteiger partial charge in [0.2, 0.25) is 5.91 Å². The maximum atomic E-state index is 12.2. The summed E-state index contributed by atoms with van der Waals surface area (Å²) in [5, 5.41) is 11.7. The molecule has 0 saturated heterocycles. The SMILES string of the molecule is CC(CCNC(=O)C1CCC2CCCCC2C1)C(=O)O. The van der Waals surface area contributed by atoms with Gasteiger partial charge in [-0.05, 0) is 37.5 Å². The zero-order valence-corrected chi connectivity index (χ0v) is 12.4. The standard InChI is InChI=1S/C16H27NO3/c1-11(16(19)20)8-9-17-15(18)14-7-6-12-4-2-3-5-13(12)10-14/h11-14H,2-10H2,1H3,(H,17,18)(H,19,20). The highest BCUT2D eigenvalue weighted by Gasteiger charge is 2.34. The minimum atomic E-state index is -0.790. The zero-order valence-electron chi connectivity index (χ0n) is 12.4. The molecule has 0 radical (unpaired) electrons. The summed E-state index contributed by atoms with van der Waals surface area (Å²) in [7, 11) is 0. The molecule has 2 saturated carbocycles. The van der Waals surface area contributed by atoms with Crippen molar-refractivity contribution in [1.82, 2.24) is 5.32 Å². The third-order valence-electron chi connectivity index (χ3n) is 5.21. The van der Waals surface area contributed by atoms with Crippen LogP contribution in [0.2, 0.25) is 0 Å². The molecule has 0 aromatic carbocycles. The number of amides is 1. The van der Waals surface area contributed by atoms with E-state index in [0.29, 0.717) is 13.0 Å². The van der Waals surface area contributed by atoms with Crippen LogP contribution in [-0.4, -0.2) is 23.5 Å². The largest absolute Gasteiger partial charge is 0.481 e. The maximum absolute atomic E-state index is 12.2. The van der Waals surface area contributed by atoms with Crippen LogP contribution in [0.3, 0.4) is 0 Å². The molecule has 2 aliphatic carbocycles. The van der Waals surface area contributed by atoms with Crippen molar-refractivity contribution in [2.75, 3.05) is 6.54 Å².